The van der Waals surface area contributed by atoms with Gasteiger partial charge in [-0.2, -0.15) is 0 Å². The van der Waals surface area contributed by atoms with Gasteiger partial charge in [0.2, 0.25) is 0 Å². The Hall–Kier alpha value is 0.270. The van der Waals surface area contributed by atoms with Crippen molar-refractivity contribution >= 4 is 12.0 Å². The maximum Gasteiger partial charge on any atom is 0.0640 e. The highest BCUT2D eigenvalue weighted by atomic mass is 32.2. The van der Waals surface area contributed by atoms with E-state index in [9.17, 15) is 0 Å². The zero-order valence-electron chi connectivity index (χ0n) is 14.8. The number of hydrogen-bond acceptors (Lipinski definition) is 3. The van der Waals surface area contributed by atoms with Gasteiger partial charge in [-0.1, -0.05) is 48.0 Å². The maximum atomic E-state index is 6.13. The van der Waals surface area contributed by atoms with Crippen LogP contribution in [0.25, 0.3) is 0 Å². The van der Waals surface area contributed by atoms with Gasteiger partial charge in [-0.25, -0.2) is 0 Å². The molecule has 0 aromatic carbocycles. The van der Waals surface area contributed by atoms with Crippen LogP contribution in [0.4, 0.5) is 0 Å². The number of rotatable bonds is 11. The summed E-state index contributed by atoms with van der Waals surface area (Å²) in [5, 5.41) is 0.484. The van der Waals surface area contributed by atoms with Gasteiger partial charge in [0.1, 0.15) is 0 Å². The van der Waals surface area contributed by atoms with E-state index in [1.807, 2.05) is 0 Å². The lowest BCUT2D eigenvalue weighted by Crippen LogP contribution is -2.39. The highest BCUT2D eigenvalue weighted by molar-refractivity contribution is 7.95. The van der Waals surface area contributed by atoms with Gasteiger partial charge in [0, 0.05) is 11.9 Å². The van der Waals surface area contributed by atoms with E-state index < -0.39 is 0 Å². The zero-order chi connectivity index (χ0) is 15.7. The van der Waals surface area contributed by atoms with Crippen molar-refractivity contribution in [2.45, 2.75) is 73.2 Å². The van der Waals surface area contributed by atoms with Crippen molar-refractivity contribution in [3.63, 3.8) is 0 Å². The molecule has 20 heavy (non-hydrogen) atoms. The Balaban J connectivity index is 4.92. The Labute approximate surface area is 131 Å². The highest BCUT2D eigenvalue weighted by Gasteiger charge is 2.34. The minimum absolute atomic E-state index is 0.315. The lowest BCUT2D eigenvalue weighted by Gasteiger charge is -2.37. The molecule has 3 heteroatoms. The molecule has 0 aliphatic rings. The van der Waals surface area contributed by atoms with Crippen molar-refractivity contribution in [1.29, 1.82) is 0 Å². The third-order valence-electron chi connectivity index (χ3n) is 4.41. The van der Waals surface area contributed by atoms with Crippen molar-refractivity contribution in [2.24, 2.45) is 23.7 Å². The molecule has 122 valence electrons. The fourth-order valence-electron chi connectivity index (χ4n) is 2.81. The molecular formula is C17H36O2S. The molecule has 5 atom stereocenters. The van der Waals surface area contributed by atoms with Gasteiger partial charge in [-0.05, 0) is 49.6 Å². The highest BCUT2D eigenvalue weighted by Crippen LogP contribution is 2.35. The SMILES string of the molecule is CCOS[C@H](C(C)C)[C@H](C)C(OCC)C(C)C(C)CC. The minimum Gasteiger partial charge on any atom is -0.378 e. The minimum atomic E-state index is 0.315. The largest absolute Gasteiger partial charge is 0.378 e. The second kappa shape index (κ2) is 10.9. The average Bonchev–Trinajstić information content (AvgIpc) is 2.42. The molecule has 0 amide bonds. The Morgan fingerprint density at radius 3 is 1.85 bits per heavy atom. The van der Waals surface area contributed by atoms with Crippen molar-refractivity contribution < 1.29 is 8.92 Å². The molecule has 0 fully saturated rings. The van der Waals surface area contributed by atoms with Gasteiger partial charge in [0.15, 0.2) is 0 Å². The van der Waals surface area contributed by atoms with Crippen LogP contribution in [0.5, 0.6) is 0 Å². The quantitative estimate of drug-likeness (QED) is 0.475. The molecule has 0 saturated carbocycles. The smallest absolute Gasteiger partial charge is 0.0640 e. The lowest BCUT2D eigenvalue weighted by molar-refractivity contribution is -0.0301. The van der Waals surface area contributed by atoms with Crippen molar-refractivity contribution in [3.05, 3.63) is 0 Å². The van der Waals surface area contributed by atoms with E-state index in [4.69, 9.17) is 8.92 Å². The monoisotopic (exact) mass is 304 g/mol. The second-order valence-electron chi connectivity index (χ2n) is 6.24. The van der Waals surface area contributed by atoms with Crippen LogP contribution in [0.2, 0.25) is 0 Å². The summed E-state index contributed by atoms with van der Waals surface area (Å²) in [7, 11) is 0. The molecule has 0 aliphatic heterocycles. The maximum absolute atomic E-state index is 6.13. The second-order valence-corrected chi connectivity index (χ2v) is 7.21. The molecule has 0 aromatic rings. The molecule has 0 heterocycles. The van der Waals surface area contributed by atoms with Crippen LogP contribution in [0.3, 0.4) is 0 Å². The van der Waals surface area contributed by atoms with Crippen molar-refractivity contribution in [1.82, 2.24) is 0 Å². The molecule has 0 radical (unpaired) electrons. The van der Waals surface area contributed by atoms with E-state index in [0.29, 0.717) is 35.0 Å². The predicted octanol–water partition coefficient (Wildman–Crippen LogP) is 5.42. The van der Waals surface area contributed by atoms with Crippen LogP contribution in [0.15, 0.2) is 0 Å². The van der Waals surface area contributed by atoms with Gasteiger partial charge in [-0.3, -0.25) is 0 Å². The standard InChI is InChI=1S/C17H36O2S/c1-9-13(6)14(7)16(18-10-2)15(8)17(12(4)5)20-19-11-3/h12-17H,9-11H2,1-8H3/t13?,14?,15-,16?,17-/m1/s1. The normalized spacial score (nSPS) is 19.6. The molecule has 0 rings (SSSR count). The Morgan fingerprint density at radius 2 is 1.45 bits per heavy atom. The first kappa shape index (κ1) is 20.3. The summed E-state index contributed by atoms with van der Waals surface area (Å²) in [6.07, 6.45) is 1.53. The molecule has 0 saturated heterocycles. The van der Waals surface area contributed by atoms with E-state index >= 15 is 0 Å². The van der Waals surface area contributed by atoms with Gasteiger partial charge in [-0.15, -0.1) is 0 Å². The summed E-state index contributed by atoms with van der Waals surface area (Å²) in [5.41, 5.74) is 0. The Kier molecular flexibility index (Phi) is 11.1. The molecule has 2 nitrogen and oxygen atoms in total. The van der Waals surface area contributed by atoms with Crippen LogP contribution in [0.1, 0.15) is 61.8 Å². The van der Waals surface area contributed by atoms with E-state index in [0.717, 1.165) is 13.2 Å². The van der Waals surface area contributed by atoms with E-state index in [1.165, 1.54) is 6.42 Å². The van der Waals surface area contributed by atoms with Gasteiger partial charge in [0.05, 0.1) is 12.7 Å². The summed E-state index contributed by atoms with van der Waals surface area (Å²) in [4.78, 5) is 0. The van der Waals surface area contributed by atoms with Crippen LogP contribution in [-0.4, -0.2) is 24.6 Å². The van der Waals surface area contributed by atoms with Crippen LogP contribution >= 0.6 is 12.0 Å². The molecule has 0 spiro atoms. The summed E-state index contributed by atoms with van der Waals surface area (Å²) in [6, 6.07) is 0. The first-order valence-electron chi connectivity index (χ1n) is 8.30. The molecular weight excluding hydrogens is 268 g/mol. The Morgan fingerprint density at radius 1 is 0.850 bits per heavy atom. The number of ether oxygens (including phenoxy) is 1. The van der Waals surface area contributed by atoms with Crippen molar-refractivity contribution in [3.8, 4) is 0 Å². The van der Waals surface area contributed by atoms with Crippen molar-refractivity contribution in [2.75, 3.05) is 13.2 Å². The third-order valence-corrected chi connectivity index (χ3v) is 5.98. The number of hydrogen-bond donors (Lipinski definition) is 0. The van der Waals surface area contributed by atoms with Gasteiger partial charge in [0.25, 0.3) is 0 Å². The van der Waals surface area contributed by atoms with E-state index in [2.05, 4.69) is 55.4 Å². The predicted molar refractivity (Wildman–Crippen MR) is 91.0 cm³/mol. The van der Waals surface area contributed by atoms with Gasteiger partial charge < -0.3 is 8.92 Å². The lowest BCUT2D eigenvalue weighted by atomic mass is 9.80. The first-order chi connectivity index (χ1) is 9.40. The summed E-state index contributed by atoms with van der Waals surface area (Å²) < 4.78 is 11.8. The fourth-order valence-corrected chi connectivity index (χ4v) is 3.66. The molecule has 0 N–H and O–H groups in total. The Bertz CT molecular complexity index is 233. The van der Waals surface area contributed by atoms with Gasteiger partial charge >= 0.3 is 0 Å². The summed E-state index contributed by atoms with van der Waals surface area (Å²) in [6.45, 7) is 19.5. The topological polar surface area (TPSA) is 18.5 Å². The molecule has 0 aromatic heterocycles. The first-order valence-corrected chi connectivity index (χ1v) is 9.10. The molecule has 0 aliphatic carbocycles. The molecule has 3 unspecified atom stereocenters. The summed E-state index contributed by atoms with van der Waals surface area (Å²) >= 11 is 1.65. The van der Waals surface area contributed by atoms with Crippen LogP contribution < -0.4 is 0 Å². The van der Waals surface area contributed by atoms with E-state index in [-0.39, 0.29) is 0 Å². The van der Waals surface area contributed by atoms with E-state index in [1.54, 1.807) is 12.0 Å². The molecule has 0 bridgehead atoms. The summed E-state index contributed by atoms with van der Waals surface area (Å²) in [5.74, 6) is 2.36. The van der Waals surface area contributed by atoms with Crippen LogP contribution in [-0.2, 0) is 8.92 Å². The third kappa shape index (κ3) is 6.36. The zero-order valence-corrected chi connectivity index (χ0v) is 15.6. The van der Waals surface area contributed by atoms with Crippen LogP contribution in [0, 0.1) is 23.7 Å². The fraction of sp³-hybridized carbons (Fsp3) is 1.00. The average molecular weight is 305 g/mol.